The second-order valence-corrected chi connectivity index (χ2v) is 15.6. The second kappa shape index (κ2) is 14.5. The zero-order valence-corrected chi connectivity index (χ0v) is 30.0. The number of methoxy groups -OCH3 is 1. The molecule has 2 aromatic heterocycles. The van der Waals surface area contributed by atoms with Crippen LogP contribution in [0.3, 0.4) is 0 Å². The third kappa shape index (κ3) is 7.13. The number of thiophene rings is 1. The van der Waals surface area contributed by atoms with Crippen LogP contribution in [0.5, 0.6) is 0 Å². The molecule has 1 amide bonds. The summed E-state index contributed by atoms with van der Waals surface area (Å²) in [6, 6.07) is 33.5. The minimum absolute atomic E-state index is 0.0244. The van der Waals surface area contributed by atoms with E-state index in [1.165, 1.54) is 44.3 Å². The van der Waals surface area contributed by atoms with E-state index < -0.39 is 21.9 Å². The quantitative estimate of drug-likeness (QED) is 0.143. The van der Waals surface area contributed by atoms with E-state index in [0.717, 1.165) is 64.7 Å². The Morgan fingerprint density at radius 2 is 1.59 bits per heavy atom. The summed E-state index contributed by atoms with van der Waals surface area (Å²) < 4.78 is 36.7. The normalized spacial score (nSPS) is 13.3. The fraction of sp³-hybridized carbons (Fsp3) is 0.200. The number of hydrogen-bond acceptors (Lipinski definition) is 7. The summed E-state index contributed by atoms with van der Waals surface area (Å²) in [6.45, 7) is 2.71. The van der Waals surface area contributed by atoms with Crippen molar-refractivity contribution in [3.63, 3.8) is 0 Å². The summed E-state index contributed by atoms with van der Waals surface area (Å²) in [5.41, 5.74) is 5.30. The van der Waals surface area contributed by atoms with Gasteiger partial charge in [0.15, 0.2) is 0 Å². The number of nitrogens with one attached hydrogen (secondary N) is 1. The number of amides is 1. The lowest BCUT2D eigenvalue weighted by molar-refractivity contribution is 0.0600. The minimum Gasteiger partial charge on any atom is -0.465 e. The van der Waals surface area contributed by atoms with Gasteiger partial charge >= 0.3 is 5.97 Å². The number of nitrogens with zero attached hydrogens (tertiary/aromatic N) is 3. The summed E-state index contributed by atoms with van der Waals surface area (Å²) in [4.78, 5) is 28.9. The molecule has 0 radical (unpaired) electrons. The van der Waals surface area contributed by atoms with Gasteiger partial charge in [-0.2, -0.15) is 0 Å². The van der Waals surface area contributed by atoms with E-state index in [1.54, 1.807) is 12.1 Å². The highest BCUT2D eigenvalue weighted by atomic mass is 32.2. The number of anilines is 3. The first-order valence-electron chi connectivity index (χ1n) is 16.8. The molecule has 11 heteroatoms. The molecule has 7 rings (SSSR count). The van der Waals surface area contributed by atoms with E-state index in [-0.39, 0.29) is 9.77 Å². The van der Waals surface area contributed by atoms with Gasteiger partial charge in [-0.1, -0.05) is 42.5 Å². The minimum atomic E-state index is -4.14. The molecule has 6 aromatic rings. The number of rotatable bonds is 10. The van der Waals surface area contributed by atoms with Gasteiger partial charge in [-0.25, -0.2) is 13.2 Å². The van der Waals surface area contributed by atoms with Gasteiger partial charge in [-0.15, -0.1) is 11.3 Å². The Bertz CT molecular complexity index is 2290. The standard InChI is InChI=1S/C40H38N4O5S2/c1-42(33-16-13-30(14-17-33)40(46)49-2)51(47,48)37-26-36(50-38(37)29-11-18-34(19-12-29)43-22-7-4-8-23-43)39(45)41-32-15-20-35-31(25-32)21-24-44(35)27-28-9-5-3-6-10-28/h3,5-6,9-21,24-26H,4,7-8,22-23,27H2,1-2H3,(H,41,45). The van der Waals surface area contributed by atoms with Crippen LogP contribution in [0.1, 0.15) is 44.9 Å². The molecule has 0 spiro atoms. The van der Waals surface area contributed by atoms with Crippen LogP contribution in [0.15, 0.2) is 120 Å². The van der Waals surface area contributed by atoms with Crippen LogP contribution in [0.4, 0.5) is 17.1 Å². The number of fused-ring (bicyclic) bond motifs is 1. The molecule has 0 bridgehead atoms. The highest BCUT2D eigenvalue weighted by Crippen LogP contribution is 2.39. The molecule has 1 aliphatic heterocycles. The van der Waals surface area contributed by atoms with Crippen molar-refractivity contribution in [3.05, 3.63) is 131 Å². The van der Waals surface area contributed by atoms with Crippen LogP contribution >= 0.6 is 11.3 Å². The van der Waals surface area contributed by atoms with E-state index >= 15 is 0 Å². The zero-order valence-electron chi connectivity index (χ0n) is 28.4. The molecule has 4 aromatic carbocycles. The Labute approximate surface area is 301 Å². The molecule has 1 saturated heterocycles. The van der Waals surface area contributed by atoms with Crippen LogP contribution < -0.4 is 14.5 Å². The molecule has 9 nitrogen and oxygen atoms in total. The third-order valence-corrected chi connectivity index (χ3v) is 12.4. The number of sulfonamides is 1. The van der Waals surface area contributed by atoms with Crippen LogP contribution in [-0.2, 0) is 21.3 Å². The largest absolute Gasteiger partial charge is 0.465 e. The highest BCUT2D eigenvalue weighted by Gasteiger charge is 2.30. The predicted octanol–water partition coefficient (Wildman–Crippen LogP) is 8.27. The first-order valence-corrected chi connectivity index (χ1v) is 19.1. The van der Waals surface area contributed by atoms with E-state index in [4.69, 9.17) is 4.74 Å². The lowest BCUT2D eigenvalue weighted by atomic mass is 10.1. The maximum Gasteiger partial charge on any atom is 0.337 e. The molecular weight excluding hydrogens is 681 g/mol. The number of ether oxygens (including phenoxy) is 1. The molecule has 0 atom stereocenters. The molecule has 3 heterocycles. The number of piperidine rings is 1. The van der Waals surface area contributed by atoms with Gasteiger partial charge in [0.1, 0.15) is 4.90 Å². The molecule has 0 unspecified atom stereocenters. The predicted molar refractivity (Wildman–Crippen MR) is 205 cm³/mol. The van der Waals surface area contributed by atoms with Crippen molar-refractivity contribution in [2.45, 2.75) is 30.7 Å². The first kappa shape index (κ1) is 34.1. The van der Waals surface area contributed by atoms with Crippen LogP contribution in [0.2, 0.25) is 0 Å². The van der Waals surface area contributed by atoms with Crippen molar-refractivity contribution in [1.29, 1.82) is 0 Å². The maximum atomic E-state index is 14.3. The third-order valence-electron chi connectivity index (χ3n) is 9.29. The Morgan fingerprint density at radius 1 is 0.863 bits per heavy atom. The van der Waals surface area contributed by atoms with Gasteiger partial charge in [-0.05, 0) is 97.1 Å². The van der Waals surface area contributed by atoms with Crippen LogP contribution in [0.25, 0.3) is 21.3 Å². The van der Waals surface area contributed by atoms with Gasteiger partial charge in [0.05, 0.1) is 28.1 Å². The van der Waals surface area contributed by atoms with Crippen LogP contribution in [-0.4, -0.2) is 52.1 Å². The van der Waals surface area contributed by atoms with Crippen molar-refractivity contribution in [3.8, 4) is 10.4 Å². The van der Waals surface area contributed by atoms with E-state index in [1.807, 2.05) is 72.9 Å². The van der Waals surface area contributed by atoms with Gasteiger partial charge in [0, 0.05) is 55.2 Å². The molecule has 51 heavy (non-hydrogen) atoms. The van der Waals surface area contributed by atoms with E-state index in [0.29, 0.717) is 27.4 Å². The van der Waals surface area contributed by atoms with E-state index in [2.05, 4.69) is 26.9 Å². The Morgan fingerprint density at radius 3 is 2.29 bits per heavy atom. The maximum absolute atomic E-state index is 14.3. The molecule has 0 aliphatic carbocycles. The second-order valence-electron chi connectivity index (χ2n) is 12.6. The molecule has 1 aliphatic rings. The van der Waals surface area contributed by atoms with E-state index in [9.17, 15) is 18.0 Å². The van der Waals surface area contributed by atoms with Crippen molar-refractivity contribution in [1.82, 2.24) is 4.57 Å². The highest BCUT2D eigenvalue weighted by molar-refractivity contribution is 7.93. The summed E-state index contributed by atoms with van der Waals surface area (Å²) in [5.74, 6) is -0.916. The SMILES string of the molecule is COC(=O)c1ccc(N(C)S(=O)(=O)c2cc(C(=O)Nc3ccc4c(ccn4Cc4ccccc4)c3)sc2-c2ccc(N3CCCCC3)cc2)cc1. The zero-order chi connectivity index (χ0) is 35.5. The number of hydrogen-bond donors (Lipinski definition) is 1. The van der Waals surface area contributed by atoms with Crippen molar-refractivity contribution < 1.29 is 22.7 Å². The van der Waals surface area contributed by atoms with Crippen molar-refractivity contribution >= 4 is 61.2 Å². The average molecular weight is 719 g/mol. The first-order chi connectivity index (χ1) is 24.7. The average Bonchev–Trinajstić information content (AvgIpc) is 3.80. The summed E-state index contributed by atoms with van der Waals surface area (Å²) in [6.07, 6.45) is 5.55. The van der Waals surface area contributed by atoms with Crippen molar-refractivity contribution in [2.75, 3.05) is 41.8 Å². The van der Waals surface area contributed by atoms with Gasteiger partial charge in [0.2, 0.25) is 0 Å². The number of benzene rings is 4. The molecular formula is C40H38N4O5S2. The van der Waals surface area contributed by atoms with Gasteiger partial charge < -0.3 is 19.5 Å². The van der Waals surface area contributed by atoms with Gasteiger partial charge in [-0.3, -0.25) is 9.10 Å². The Kier molecular flexibility index (Phi) is 9.66. The molecule has 0 saturated carbocycles. The molecule has 1 N–H and O–H groups in total. The molecule has 260 valence electrons. The number of aromatic nitrogens is 1. The van der Waals surface area contributed by atoms with Crippen molar-refractivity contribution in [2.24, 2.45) is 0 Å². The number of esters is 1. The fourth-order valence-corrected chi connectivity index (χ4v) is 9.24. The van der Waals surface area contributed by atoms with Crippen LogP contribution in [0, 0.1) is 0 Å². The number of carbonyl (C=O) groups is 2. The lowest BCUT2D eigenvalue weighted by Crippen LogP contribution is -2.29. The Hall–Kier alpha value is -5.39. The summed E-state index contributed by atoms with van der Waals surface area (Å²) >= 11 is 1.14. The lowest BCUT2D eigenvalue weighted by Gasteiger charge is -2.28. The number of carbonyl (C=O) groups excluding carboxylic acids is 2. The summed E-state index contributed by atoms with van der Waals surface area (Å²) in [5, 5.41) is 3.97. The summed E-state index contributed by atoms with van der Waals surface area (Å²) in [7, 11) is -1.39. The Balaban J connectivity index is 1.19. The topological polar surface area (TPSA) is 101 Å². The monoisotopic (exact) mass is 718 g/mol. The smallest absolute Gasteiger partial charge is 0.337 e. The fourth-order valence-electron chi connectivity index (χ4n) is 6.45. The van der Waals surface area contributed by atoms with Gasteiger partial charge in [0.25, 0.3) is 15.9 Å². The molecule has 1 fully saturated rings.